The van der Waals surface area contributed by atoms with Gasteiger partial charge in [0.15, 0.2) is 0 Å². The second kappa shape index (κ2) is 8.55. The molecule has 6 atom stereocenters. The van der Waals surface area contributed by atoms with Crippen LogP contribution >= 0.6 is 0 Å². The highest BCUT2D eigenvalue weighted by molar-refractivity contribution is 5.99. The summed E-state index contributed by atoms with van der Waals surface area (Å²) in [4.78, 5) is 44.5. The van der Waals surface area contributed by atoms with E-state index in [1.807, 2.05) is 58.9 Å². The highest BCUT2D eigenvalue weighted by Crippen LogP contribution is 2.54. The molecule has 0 aromatic carbocycles. The lowest BCUT2D eigenvalue weighted by molar-refractivity contribution is -0.158. The smallest absolute Gasteiger partial charge is 0.312 e. The molecule has 4 heterocycles. The van der Waals surface area contributed by atoms with E-state index in [9.17, 15) is 19.5 Å². The van der Waals surface area contributed by atoms with Gasteiger partial charge in [0.25, 0.3) is 0 Å². The molecule has 0 aromatic heterocycles. The number of fused-ring (bicyclic) bond motifs is 2. The third-order valence-electron chi connectivity index (χ3n) is 7.41. The number of nitrogens with zero attached hydrogens (tertiary/aromatic N) is 2. The summed E-state index contributed by atoms with van der Waals surface area (Å²) < 4.78 is 12.1. The van der Waals surface area contributed by atoms with Gasteiger partial charge in [0.05, 0.1) is 31.3 Å². The van der Waals surface area contributed by atoms with Crippen molar-refractivity contribution in [2.24, 2.45) is 17.8 Å². The quantitative estimate of drug-likeness (QED) is 0.509. The second-order valence-electron chi connectivity index (χ2n) is 10.8. The standard InChI is InChI=1S/C25H36N2O6/c1-15(2)16(14-28)27-20-22(30)26(24(3,4)5)12-9-11-25(20)19(21(27)29)18-17(33-25)10-7-6-8-13-32-23(18)31/h7,9-11,15-20,28H,6,8,12-14H2,1-5H3/b10-7-/t16?,17-,18?,19+,20-,25?/m1/s1. The van der Waals surface area contributed by atoms with Crippen LogP contribution in [0.15, 0.2) is 24.3 Å². The molecule has 1 spiro atoms. The molecule has 0 radical (unpaired) electrons. The summed E-state index contributed by atoms with van der Waals surface area (Å²) >= 11 is 0. The zero-order chi connectivity index (χ0) is 24.1. The minimum absolute atomic E-state index is 0.0962. The highest BCUT2D eigenvalue weighted by atomic mass is 16.6. The molecule has 8 heteroatoms. The number of hydrogen-bond donors (Lipinski definition) is 1. The van der Waals surface area contributed by atoms with Crippen molar-refractivity contribution in [1.29, 1.82) is 0 Å². The molecule has 3 unspecified atom stereocenters. The molecule has 4 aliphatic heterocycles. The molecule has 0 saturated carbocycles. The van der Waals surface area contributed by atoms with Crippen molar-refractivity contribution in [3.63, 3.8) is 0 Å². The third-order valence-corrected chi connectivity index (χ3v) is 7.41. The van der Waals surface area contributed by atoms with E-state index in [4.69, 9.17) is 9.47 Å². The maximum Gasteiger partial charge on any atom is 0.312 e. The predicted molar refractivity (Wildman–Crippen MR) is 121 cm³/mol. The van der Waals surface area contributed by atoms with E-state index in [2.05, 4.69) is 0 Å². The van der Waals surface area contributed by atoms with Crippen molar-refractivity contribution in [3.8, 4) is 0 Å². The van der Waals surface area contributed by atoms with E-state index in [0.717, 1.165) is 6.42 Å². The first-order valence-electron chi connectivity index (χ1n) is 12.0. The zero-order valence-corrected chi connectivity index (χ0v) is 20.2. The van der Waals surface area contributed by atoms with Crippen LogP contribution < -0.4 is 0 Å². The molecule has 0 aromatic rings. The summed E-state index contributed by atoms with van der Waals surface area (Å²) in [7, 11) is 0. The average Bonchev–Trinajstić information content (AvgIpc) is 3.13. The zero-order valence-electron chi connectivity index (χ0n) is 20.2. The molecule has 0 aliphatic carbocycles. The highest BCUT2D eigenvalue weighted by Gasteiger charge is 2.72. The van der Waals surface area contributed by atoms with Crippen LogP contribution in [-0.2, 0) is 23.9 Å². The van der Waals surface area contributed by atoms with Crippen LogP contribution in [0.25, 0.3) is 0 Å². The fourth-order valence-electron chi connectivity index (χ4n) is 5.77. The van der Waals surface area contributed by atoms with Gasteiger partial charge in [-0.3, -0.25) is 14.4 Å². The van der Waals surface area contributed by atoms with Crippen LogP contribution in [0.3, 0.4) is 0 Å². The lowest BCUT2D eigenvalue weighted by atomic mass is 9.78. The average molecular weight is 461 g/mol. The number of hydrogen-bond acceptors (Lipinski definition) is 6. The molecule has 2 saturated heterocycles. The number of esters is 1. The van der Waals surface area contributed by atoms with Crippen molar-refractivity contribution in [2.45, 2.75) is 76.8 Å². The number of carbonyl (C=O) groups is 3. The number of cyclic esters (lactones) is 1. The van der Waals surface area contributed by atoms with Crippen LogP contribution in [0.4, 0.5) is 0 Å². The number of aliphatic hydroxyl groups excluding tert-OH is 1. The molecule has 182 valence electrons. The lowest BCUT2D eigenvalue weighted by Gasteiger charge is -2.42. The topological polar surface area (TPSA) is 96.4 Å². The van der Waals surface area contributed by atoms with Gasteiger partial charge < -0.3 is 24.4 Å². The Hall–Kier alpha value is -2.19. The van der Waals surface area contributed by atoms with E-state index in [-0.39, 0.29) is 30.9 Å². The number of aliphatic hydroxyl groups is 1. The molecule has 2 fully saturated rings. The van der Waals surface area contributed by atoms with Gasteiger partial charge in [0.1, 0.15) is 17.6 Å². The lowest BCUT2D eigenvalue weighted by Crippen LogP contribution is -2.61. The van der Waals surface area contributed by atoms with Crippen molar-refractivity contribution < 1.29 is 29.0 Å². The summed E-state index contributed by atoms with van der Waals surface area (Å²) in [6, 6.07) is -1.55. The molecule has 33 heavy (non-hydrogen) atoms. The maximum atomic E-state index is 14.1. The molecule has 8 nitrogen and oxygen atoms in total. The van der Waals surface area contributed by atoms with E-state index in [1.54, 1.807) is 4.90 Å². The Morgan fingerprint density at radius 1 is 1.18 bits per heavy atom. The van der Waals surface area contributed by atoms with E-state index in [0.29, 0.717) is 13.0 Å². The first-order valence-corrected chi connectivity index (χ1v) is 12.0. The number of ether oxygens (including phenoxy) is 2. The second-order valence-corrected chi connectivity index (χ2v) is 10.8. The fraction of sp³-hybridized carbons (Fsp3) is 0.720. The number of allylic oxidation sites excluding steroid dienone is 1. The normalized spacial score (nSPS) is 36.4. The molecule has 4 aliphatic rings. The molecular weight excluding hydrogens is 424 g/mol. The summed E-state index contributed by atoms with van der Waals surface area (Å²) in [6.45, 7) is 10.1. The summed E-state index contributed by atoms with van der Waals surface area (Å²) in [5.74, 6) is -2.86. The van der Waals surface area contributed by atoms with Crippen molar-refractivity contribution >= 4 is 17.8 Å². The van der Waals surface area contributed by atoms with E-state index in [1.165, 1.54) is 4.90 Å². The Morgan fingerprint density at radius 2 is 1.91 bits per heavy atom. The van der Waals surface area contributed by atoms with Crippen LogP contribution in [0, 0.1) is 17.8 Å². The maximum absolute atomic E-state index is 14.1. The summed E-state index contributed by atoms with van der Waals surface area (Å²) in [6.07, 6.45) is 8.29. The van der Waals surface area contributed by atoms with Crippen LogP contribution in [0.1, 0.15) is 47.5 Å². The van der Waals surface area contributed by atoms with Gasteiger partial charge in [-0.05, 0) is 39.5 Å². The monoisotopic (exact) mass is 460 g/mol. The summed E-state index contributed by atoms with van der Waals surface area (Å²) in [5.41, 5.74) is -1.78. The van der Waals surface area contributed by atoms with Crippen LogP contribution in [-0.4, -0.2) is 81.8 Å². The first-order chi connectivity index (χ1) is 15.5. The van der Waals surface area contributed by atoms with Gasteiger partial charge in [-0.15, -0.1) is 0 Å². The molecular formula is C25H36N2O6. The van der Waals surface area contributed by atoms with Gasteiger partial charge in [-0.1, -0.05) is 38.2 Å². The van der Waals surface area contributed by atoms with E-state index < -0.39 is 47.1 Å². The first kappa shape index (κ1) is 24.0. The SMILES string of the molecule is CC(C)C(CO)N1C(=O)[C@@H]2C3C(=O)OCCC/C=C\[C@H]3OC23C=CCN(C(C)(C)C)C(=O)[C@@H]13. The predicted octanol–water partition coefficient (Wildman–Crippen LogP) is 1.67. The van der Waals surface area contributed by atoms with Crippen LogP contribution in [0.2, 0.25) is 0 Å². The number of likely N-dealkylation sites (tertiary alicyclic amines) is 1. The minimum Gasteiger partial charge on any atom is -0.465 e. The van der Waals surface area contributed by atoms with Gasteiger partial charge in [-0.2, -0.15) is 0 Å². The molecule has 2 amide bonds. The Bertz CT molecular complexity index is 875. The number of carbonyl (C=O) groups excluding carboxylic acids is 3. The van der Waals surface area contributed by atoms with Gasteiger partial charge in [0, 0.05) is 12.1 Å². The molecule has 4 rings (SSSR count). The van der Waals surface area contributed by atoms with Crippen molar-refractivity contribution in [1.82, 2.24) is 9.80 Å². The van der Waals surface area contributed by atoms with Crippen molar-refractivity contribution in [3.05, 3.63) is 24.3 Å². The fourth-order valence-corrected chi connectivity index (χ4v) is 5.77. The van der Waals surface area contributed by atoms with Crippen LogP contribution in [0.5, 0.6) is 0 Å². The molecule has 1 N–H and O–H groups in total. The molecule has 0 bridgehead atoms. The Balaban J connectivity index is 1.89. The van der Waals surface area contributed by atoms with Gasteiger partial charge >= 0.3 is 5.97 Å². The van der Waals surface area contributed by atoms with E-state index >= 15 is 0 Å². The summed E-state index contributed by atoms with van der Waals surface area (Å²) in [5, 5.41) is 10.2. The van der Waals surface area contributed by atoms with Gasteiger partial charge in [-0.25, -0.2) is 0 Å². The number of rotatable bonds is 3. The Morgan fingerprint density at radius 3 is 2.55 bits per heavy atom. The number of amides is 2. The minimum atomic E-state index is -1.30. The Kier molecular flexibility index (Phi) is 6.20. The van der Waals surface area contributed by atoms with Crippen molar-refractivity contribution in [2.75, 3.05) is 19.8 Å². The Labute approximate surface area is 195 Å². The largest absolute Gasteiger partial charge is 0.465 e. The van der Waals surface area contributed by atoms with Gasteiger partial charge in [0.2, 0.25) is 11.8 Å². The third kappa shape index (κ3) is 3.71.